The van der Waals surface area contributed by atoms with Gasteiger partial charge in [-0.3, -0.25) is 9.59 Å². The molecule has 0 aromatic heterocycles. The van der Waals surface area contributed by atoms with Crippen LogP contribution >= 0.6 is 11.6 Å². The van der Waals surface area contributed by atoms with E-state index in [4.69, 9.17) is 11.6 Å². The second kappa shape index (κ2) is 11.7. The van der Waals surface area contributed by atoms with Crippen LogP contribution < -0.4 is 10.6 Å². The molecule has 0 bridgehead atoms. The summed E-state index contributed by atoms with van der Waals surface area (Å²) in [6, 6.07) is 4.09. The van der Waals surface area contributed by atoms with Crippen molar-refractivity contribution in [3.63, 3.8) is 0 Å². The smallest absolute Gasteiger partial charge is 0.345 e. The second-order valence-corrected chi connectivity index (χ2v) is 8.63. The Morgan fingerprint density at radius 1 is 0.974 bits per heavy atom. The Labute approximate surface area is 215 Å². The van der Waals surface area contributed by atoms with Crippen LogP contribution in [0.2, 0.25) is 5.02 Å². The molecule has 0 spiro atoms. The molecule has 38 heavy (non-hydrogen) atoms. The number of hydrogen-bond donors (Lipinski definition) is 2. The topological polar surface area (TPSA) is 58.2 Å². The molecule has 4 nitrogen and oxygen atoms in total. The third-order valence-corrected chi connectivity index (χ3v) is 5.59. The van der Waals surface area contributed by atoms with Gasteiger partial charge in [-0.2, -0.15) is 39.5 Å². The van der Waals surface area contributed by atoms with Gasteiger partial charge in [0.15, 0.2) is 0 Å². The molecule has 2 rings (SSSR count). The zero-order chi connectivity index (χ0) is 29.1. The Kier molecular flexibility index (Phi) is 9.52. The molecule has 0 saturated carbocycles. The highest BCUT2D eigenvalue weighted by molar-refractivity contribution is 6.31. The van der Waals surface area contributed by atoms with Gasteiger partial charge in [0.05, 0.1) is 17.0 Å². The molecule has 0 radical (unpaired) electrons. The number of nitrogens with one attached hydrogen (secondary N) is 2. The van der Waals surface area contributed by atoms with Crippen molar-refractivity contribution in [3.05, 3.63) is 75.3 Å². The van der Waals surface area contributed by atoms with Crippen molar-refractivity contribution < 1.29 is 49.1 Å². The first-order valence-corrected chi connectivity index (χ1v) is 11.0. The quantitative estimate of drug-likeness (QED) is 0.357. The van der Waals surface area contributed by atoms with Gasteiger partial charge in [0.2, 0.25) is 5.91 Å². The zero-order valence-electron chi connectivity index (χ0n) is 19.6. The number of alkyl halides is 9. The molecule has 0 fully saturated rings. The van der Waals surface area contributed by atoms with Crippen molar-refractivity contribution in [2.45, 2.75) is 44.3 Å². The van der Waals surface area contributed by atoms with Gasteiger partial charge in [-0.25, -0.2) is 0 Å². The minimum Gasteiger partial charge on any atom is -0.345 e. The first-order valence-electron chi connectivity index (χ1n) is 10.7. The second-order valence-electron chi connectivity index (χ2n) is 8.22. The molecule has 2 aromatic carbocycles. The summed E-state index contributed by atoms with van der Waals surface area (Å²) in [6.45, 7) is 0.827. The zero-order valence-corrected chi connectivity index (χ0v) is 20.3. The monoisotopic (exact) mass is 574 g/mol. The number of carbonyl (C=O) groups excluding carboxylic acids is 2. The number of aryl methyl sites for hydroxylation is 1. The largest absolute Gasteiger partial charge is 0.417 e. The molecular formula is C24H20ClF9N2O2. The molecule has 0 heterocycles. The molecule has 2 N–H and O–H groups in total. The van der Waals surface area contributed by atoms with E-state index >= 15 is 0 Å². The van der Waals surface area contributed by atoms with Crippen molar-refractivity contribution in [2.24, 2.45) is 0 Å². The highest BCUT2D eigenvalue weighted by atomic mass is 35.5. The van der Waals surface area contributed by atoms with Crippen molar-refractivity contribution in [2.75, 3.05) is 6.54 Å². The minimum atomic E-state index is -5.13. The van der Waals surface area contributed by atoms with Gasteiger partial charge >= 0.3 is 18.5 Å². The molecule has 2 amide bonds. The summed E-state index contributed by atoms with van der Waals surface area (Å²) in [6.07, 6.45) is -13.2. The maximum absolute atomic E-state index is 13.7. The van der Waals surface area contributed by atoms with Crippen molar-refractivity contribution in [1.29, 1.82) is 0 Å². The summed E-state index contributed by atoms with van der Waals surface area (Å²) in [5.74, 6) is -4.92. The van der Waals surface area contributed by atoms with E-state index in [0.29, 0.717) is 23.8 Å². The van der Waals surface area contributed by atoms with E-state index in [1.54, 1.807) is 6.92 Å². The number of halogens is 10. The van der Waals surface area contributed by atoms with Gasteiger partial charge in [0.1, 0.15) is 12.6 Å². The van der Waals surface area contributed by atoms with Crippen LogP contribution in [0.15, 0.2) is 42.5 Å². The maximum atomic E-state index is 13.7. The van der Waals surface area contributed by atoms with E-state index < -0.39 is 60.0 Å². The maximum Gasteiger partial charge on any atom is 0.417 e. The average molecular weight is 575 g/mol. The molecule has 208 valence electrons. The lowest BCUT2D eigenvalue weighted by molar-refractivity contribution is -0.139. The van der Waals surface area contributed by atoms with Gasteiger partial charge in [-0.05, 0) is 48.7 Å². The standard InChI is InChI=1S/C24H20ClF9N2O2/c1-12-3-6-15(10-19(12)25)17(23(29,30)31)8-5-14-4-7-16(18(9-14)24(32,33)34)21(38)36-13(2)20(37)35-11-22(26,27)28/h3-10,13,17H,11H2,1-2H3,(H,35,37)(H,36,38)/b8-5+. The third kappa shape index (κ3) is 8.67. The molecule has 0 aliphatic rings. The van der Waals surface area contributed by atoms with Crippen LogP contribution in [0, 0.1) is 6.92 Å². The van der Waals surface area contributed by atoms with Gasteiger partial charge in [-0.1, -0.05) is 42.0 Å². The highest BCUT2D eigenvalue weighted by Gasteiger charge is 2.39. The Bertz CT molecular complexity index is 1200. The lowest BCUT2D eigenvalue weighted by Gasteiger charge is -2.19. The number of allylic oxidation sites excluding steroid dienone is 1. The number of hydrogen-bond acceptors (Lipinski definition) is 2. The summed E-state index contributed by atoms with van der Waals surface area (Å²) in [5, 5.41) is 3.42. The highest BCUT2D eigenvalue weighted by Crippen LogP contribution is 2.38. The number of benzene rings is 2. The van der Waals surface area contributed by atoms with E-state index in [9.17, 15) is 49.1 Å². The van der Waals surface area contributed by atoms with Crippen LogP contribution in [0.5, 0.6) is 0 Å². The van der Waals surface area contributed by atoms with Crippen molar-refractivity contribution in [1.82, 2.24) is 10.6 Å². The Morgan fingerprint density at radius 3 is 2.13 bits per heavy atom. The first-order chi connectivity index (χ1) is 17.3. The Balaban J connectivity index is 2.34. The van der Waals surface area contributed by atoms with E-state index in [2.05, 4.69) is 0 Å². The van der Waals surface area contributed by atoms with E-state index in [1.165, 1.54) is 17.4 Å². The fourth-order valence-corrected chi connectivity index (χ4v) is 3.39. The van der Waals surface area contributed by atoms with Crippen LogP contribution in [-0.4, -0.2) is 36.8 Å². The van der Waals surface area contributed by atoms with Gasteiger partial charge in [0.25, 0.3) is 5.91 Å². The lowest BCUT2D eigenvalue weighted by Crippen LogP contribution is -2.47. The fourth-order valence-electron chi connectivity index (χ4n) is 3.20. The normalized spacial score (nSPS) is 14.3. The summed E-state index contributed by atoms with van der Waals surface area (Å²) < 4.78 is 119. The molecule has 2 unspecified atom stereocenters. The Hall–Kier alpha value is -3.22. The van der Waals surface area contributed by atoms with Crippen LogP contribution in [0.3, 0.4) is 0 Å². The minimum absolute atomic E-state index is 0.0705. The SMILES string of the molecule is Cc1ccc(C(/C=C/c2ccc(C(=O)NC(C)C(=O)NCC(F)(F)F)c(C(F)(F)F)c2)C(F)(F)F)cc1Cl. The van der Waals surface area contributed by atoms with Gasteiger partial charge < -0.3 is 10.6 Å². The predicted octanol–water partition coefficient (Wildman–Crippen LogP) is 6.82. The van der Waals surface area contributed by atoms with Crippen LogP contribution in [0.1, 0.15) is 45.5 Å². The van der Waals surface area contributed by atoms with Crippen LogP contribution in [-0.2, 0) is 11.0 Å². The summed E-state index contributed by atoms with van der Waals surface area (Å²) >= 11 is 5.91. The van der Waals surface area contributed by atoms with Crippen LogP contribution in [0.25, 0.3) is 6.08 Å². The van der Waals surface area contributed by atoms with E-state index in [-0.39, 0.29) is 16.1 Å². The molecule has 14 heteroatoms. The molecular weight excluding hydrogens is 555 g/mol. The van der Waals surface area contributed by atoms with E-state index in [0.717, 1.165) is 25.1 Å². The molecule has 0 saturated heterocycles. The predicted molar refractivity (Wildman–Crippen MR) is 121 cm³/mol. The first kappa shape index (κ1) is 31.0. The summed E-state index contributed by atoms with van der Waals surface area (Å²) in [5.41, 5.74) is -2.55. The van der Waals surface area contributed by atoms with Crippen molar-refractivity contribution >= 4 is 29.5 Å². The molecule has 2 atom stereocenters. The molecule has 0 aliphatic heterocycles. The number of carbonyl (C=O) groups is 2. The molecule has 0 aliphatic carbocycles. The van der Waals surface area contributed by atoms with Crippen LogP contribution in [0.4, 0.5) is 39.5 Å². The summed E-state index contributed by atoms with van der Waals surface area (Å²) in [4.78, 5) is 24.1. The van der Waals surface area contributed by atoms with E-state index in [1.807, 2.05) is 5.32 Å². The Morgan fingerprint density at radius 2 is 1.61 bits per heavy atom. The van der Waals surface area contributed by atoms with Gasteiger partial charge in [0, 0.05) is 5.02 Å². The van der Waals surface area contributed by atoms with Crippen molar-refractivity contribution in [3.8, 4) is 0 Å². The lowest BCUT2D eigenvalue weighted by atomic mass is 9.95. The number of rotatable bonds is 7. The number of amides is 2. The summed E-state index contributed by atoms with van der Waals surface area (Å²) in [7, 11) is 0. The van der Waals surface area contributed by atoms with Gasteiger partial charge in [-0.15, -0.1) is 0 Å². The molecule has 2 aromatic rings. The fraction of sp³-hybridized carbons (Fsp3) is 0.333. The third-order valence-electron chi connectivity index (χ3n) is 5.19. The average Bonchev–Trinajstić information content (AvgIpc) is 2.77.